The fourth-order valence-corrected chi connectivity index (χ4v) is 2.71. The predicted octanol–water partition coefficient (Wildman–Crippen LogP) is 3.47. The van der Waals surface area contributed by atoms with Gasteiger partial charge in [-0.3, -0.25) is 4.79 Å². The molecule has 0 saturated heterocycles. The van der Waals surface area contributed by atoms with E-state index >= 15 is 0 Å². The summed E-state index contributed by atoms with van der Waals surface area (Å²) in [4.78, 5) is 13.5. The van der Waals surface area contributed by atoms with Crippen LogP contribution in [0, 0.1) is 0 Å². The van der Waals surface area contributed by atoms with E-state index in [1.807, 2.05) is 70.9 Å². The molecule has 0 saturated carbocycles. The maximum Gasteiger partial charge on any atom is 0.253 e. The summed E-state index contributed by atoms with van der Waals surface area (Å²) in [6, 6.07) is 15.5. The third-order valence-electron chi connectivity index (χ3n) is 3.03. The smallest absolute Gasteiger partial charge is 0.253 e. The number of amides is 1. The maximum absolute atomic E-state index is 12.3. The Morgan fingerprint density at radius 3 is 2.60 bits per heavy atom. The van der Waals surface area contributed by atoms with Crippen LogP contribution >= 0.6 is 11.3 Å². The number of benzene rings is 1. The number of nitrogens with zero attached hydrogens (tertiary/aromatic N) is 1. The van der Waals surface area contributed by atoms with Gasteiger partial charge in [-0.15, -0.1) is 11.3 Å². The highest BCUT2D eigenvalue weighted by Crippen LogP contribution is 2.15. The van der Waals surface area contributed by atoms with E-state index in [2.05, 4.69) is 5.32 Å². The lowest BCUT2D eigenvalue weighted by atomic mass is 10.1. The van der Waals surface area contributed by atoms with Crippen molar-refractivity contribution in [2.45, 2.75) is 6.54 Å². The highest BCUT2D eigenvalue weighted by atomic mass is 32.1. The molecule has 0 unspecified atom stereocenters. The van der Waals surface area contributed by atoms with Gasteiger partial charge in [0, 0.05) is 17.3 Å². The van der Waals surface area contributed by atoms with Gasteiger partial charge in [0.25, 0.3) is 5.91 Å². The van der Waals surface area contributed by atoms with Gasteiger partial charge in [-0.25, -0.2) is 0 Å². The molecule has 3 nitrogen and oxygen atoms in total. The number of carbonyl (C=O) groups excluding carboxylic acids is 1. The monoisotopic (exact) mass is 282 g/mol. The second-order valence-corrected chi connectivity index (χ2v) is 5.40. The van der Waals surface area contributed by atoms with Gasteiger partial charge >= 0.3 is 0 Å². The normalized spacial score (nSPS) is 10.4. The van der Waals surface area contributed by atoms with E-state index in [9.17, 15) is 4.79 Å². The first-order valence-electron chi connectivity index (χ1n) is 6.37. The van der Waals surface area contributed by atoms with Crippen molar-refractivity contribution < 1.29 is 4.79 Å². The van der Waals surface area contributed by atoms with E-state index in [1.54, 1.807) is 11.3 Å². The Hall–Kier alpha value is -2.33. The summed E-state index contributed by atoms with van der Waals surface area (Å²) in [7, 11) is 0. The molecule has 1 aromatic carbocycles. The molecule has 4 heteroatoms. The molecule has 1 amide bonds. The molecular formula is C16H14N2OS. The van der Waals surface area contributed by atoms with E-state index < -0.39 is 0 Å². The van der Waals surface area contributed by atoms with Crippen molar-refractivity contribution in [3.8, 4) is 5.69 Å². The number of hydrogen-bond donors (Lipinski definition) is 1. The average Bonchev–Trinajstić information content (AvgIpc) is 3.18. The summed E-state index contributed by atoms with van der Waals surface area (Å²) in [5, 5.41) is 4.97. The van der Waals surface area contributed by atoms with Gasteiger partial charge in [-0.05, 0) is 35.7 Å². The minimum Gasteiger partial charge on any atom is -0.347 e. The first-order chi connectivity index (χ1) is 9.84. The third kappa shape index (κ3) is 2.65. The first kappa shape index (κ1) is 12.7. The van der Waals surface area contributed by atoms with E-state index in [0.717, 1.165) is 10.6 Å². The van der Waals surface area contributed by atoms with E-state index in [0.29, 0.717) is 12.1 Å². The summed E-state index contributed by atoms with van der Waals surface area (Å²) in [6.45, 7) is 0.566. The molecule has 2 aromatic heterocycles. The molecule has 0 aliphatic rings. The molecule has 3 rings (SSSR count). The van der Waals surface area contributed by atoms with Crippen molar-refractivity contribution in [3.05, 3.63) is 76.7 Å². The van der Waals surface area contributed by atoms with Gasteiger partial charge in [-0.1, -0.05) is 18.2 Å². The van der Waals surface area contributed by atoms with Crippen LogP contribution < -0.4 is 5.32 Å². The van der Waals surface area contributed by atoms with Crippen LogP contribution in [-0.2, 0) is 6.54 Å². The number of thiophene rings is 1. The van der Waals surface area contributed by atoms with Crippen LogP contribution in [0.15, 0.2) is 66.3 Å². The van der Waals surface area contributed by atoms with Gasteiger partial charge in [0.1, 0.15) is 0 Å². The van der Waals surface area contributed by atoms with Crippen molar-refractivity contribution in [3.63, 3.8) is 0 Å². The minimum absolute atomic E-state index is 0.0531. The molecule has 0 aliphatic carbocycles. The van der Waals surface area contributed by atoms with Gasteiger partial charge in [-0.2, -0.15) is 0 Å². The molecule has 3 aromatic rings. The molecule has 0 atom stereocenters. The van der Waals surface area contributed by atoms with Crippen molar-refractivity contribution in [2.24, 2.45) is 0 Å². The molecule has 2 heterocycles. The summed E-state index contributed by atoms with van der Waals surface area (Å²) in [6.07, 6.45) is 3.87. The predicted molar refractivity (Wildman–Crippen MR) is 81.3 cm³/mol. The molecule has 0 bridgehead atoms. The highest BCUT2D eigenvalue weighted by Gasteiger charge is 2.11. The summed E-state index contributed by atoms with van der Waals surface area (Å²) in [5.41, 5.74) is 1.57. The molecule has 100 valence electrons. The zero-order valence-electron chi connectivity index (χ0n) is 10.8. The summed E-state index contributed by atoms with van der Waals surface area (Å²) in [5.74, 6) is -0.0531. The maximum atomic E-state index is 12.3. The van der Waals surface area contributed by atoms with E-state index in [-0.39, 0.29) is 5.91 Å². The number of para-hydroxylation sites is 1. The summed E-state index contributed by atoms with van der Waals surface area (Å²) < 4.78 is 1.94. The van der Waals surface area contributed by atoms with Crippen LogP contribution in [0.4, 0.5) is 0 Å². The molecule has 20 heavy (non-hydrogen) atoms. The van der Waals surface area contributed by atoms with Crippen LogP contribution in [0.2, 0.25) is 0 Å². The van der Waals surface area contributed by atoms with Crippen LogP contribution in [0.3, 0.4) is 0 Å². The lowest BCUT2D eigenvalue weighted by Gasteiger charge is -2.10. The van der Waals surface area contributed by atoms with Crippen molar-refractivity contribution in [1.82, 2.24) is 9.88 Å². The number of carbonyl (C=O) groups is 1. The largest absolute Gasteiger partial charge is 0.347 e. The van der Waals surface area contributed by atoms with E-state index in [1.165, 1.54) is 0 Å². The Kier molecular flexibility index (Phi) is 3.65. The first-order valence-corrected chi connectivity index (χ1v) is 7.25. The van der Waals surface area contributed by atoms with E-state index in [4.69, 9.17) is 0 Å². The summed E-state index contributed by atoms with van der Waals surface area (Å²) >= 11 is 1.64. The van der Waals surface area contributed by atoms with Gasteiger partial charge in [0.15, 0.2) is 0 Å². The number of nitrogens with one attached hydrogen (secondary N) is 1. The standard InChI is InChI=1S/C16H14N2OS/c19-16(17-12-13-6-5-11-20-13)14-7-1-2-8-15(14)18-9-3-4-10-18/h1-11H,12H2,(H,17,19). The Morgan fingerprint density at radius 2 is 1.85 bits per heavy atom. The second-order valence-electron chi connectivity index (χ2n) is 4.37. The molecule has 0 fully saturated rings. The Labute approximate surface area is 121 Å². The van der Waals surface area contributed by atoms with Crippen molar-refractivity contribution in [2.75, 3.05) is 0 Å². The number of aromatic nitrogens is 1. The third-order valence-corrected chi connectivity index (χ3v) is 3.91. The van der Waals surface area contributed by atoms with Crippen molar-refractivity contribution in [1.29, 1.82) is 0 Å². The molecule has 0 spiro atoms. The zero-order valence-corrected chi connectivity index (χ0v) is 11.6. The number of rotatable bonds is 4. The van der Waals surface area contributed by atoms with Gasteiger partial charge in [0.2, 0.25) is 0 Å². The molecular weight excluding hydrogens is 268 g/mol. The lowest BCUT2D eigenvalue weighted by molar-refractivity contribution is 0.0951. The van der Waals surface area contributed by atoms with Gasteiger partial charge < -0.3 is 9.88 Å². The Bertz CT molecular complexity index is 687. The minimum atomic E-state index is -0.0531. The fraction of sp³-hybridized carbons (Fsp3) is 0.0625. The topological polar surface area (TPSA) is 34.0 Å². The van der Waals surface area contributed by atoms with Gasteiger partial charge in [0.05, 0.1) is 17.8 Å². The average molecular weight is 282 g/mol. The molecule has 1 N–H and O–H groups in total. The van der Waals surface area contributed by atoms with Crippen LogP contribution in [0.5, 0.6) is 0 Å². The lowest BCUT2D eigenvalue weighted by Crippen LogP contribution is -2.23. The SMILES string of the molecule is O=C(NCc1cccs1)c1ccccc1-n1cccc1. The van der Waals surface area contributed by atoms with Crippen LogP contribution in [0.1, 0.15) is 15.2 Å². The van der Waals surface area contributed by atoms with Crippen molar-refractivity contribution >= 4 is 17.2 Å². The molecule has 0 aliphatic heterocycles. The van der Waals surface area contributed by atoms with Crippen LogP contribution in [0.25, 0.3) is 5.69 Å². The Morgan fingerprint density at radius 1 is 1.05 bits per heavy atom. The quantitative estimate of drug-likeness (QED) is 0.781. The second kappa shape index (κ2) is 5.75. The highest BCUT2D eigenvalue weighted by molar-refractivity contribution is 7.09. The Balaban J connectivity index is 1.81. The van der Waals surface area contributed by atoms with Crippen LogP contribution in [-0.4, -0.2) is 10.5 Å². The molecule has 0 radical (unpaired) electrons. The zero-order chi connectivity index (χ0) is 13.8. The number of hydrogen-bond acceptors (Lipinski definition) is 2. The fourth-order valence-electron chi connectivity index (χ4n) is 2.06.